The van der Waals surface area contributed by atoms with Gasteiger partial charge in [-0.1, -0.05) is 49.6 Å². The predicted molar refractivity (Wildman–Crippen MR) is 112 cm³/mol. The molecule has 1 saturated carbocycles. The van der Waals surface area contributed by atoms with E-state index in [1.807, 2.05) is 0 Å². The Labute approximate surface area is 187 Å². The number of benzene rings is 2. The Morgan fingerprint density at radius 2 is 1.45 bits per heavy atom. The maximum Gasteiger partial charge on any atom is 2.00 e. The minimum atomic E-state index is -0.457. The molecular formula is C23H19N3NiO4+2. The largest absolute Gasteiger partial charge is 2.00 e. The summed E-state index contributed by atoms with van der Waals surface area (Å²) >= 11 is 0. The van der Waals surface area contributed by atoms with Gasteiger partial charge < -0.3 is 0 Å². The predicted octanol–water partition coefficient (Wildman–Crippen LogP) is 2.29. The van der Waals surface area contributed by atoms with Crippen LogP contribution in [0.4, 0.5) is 5.69 Å². The standard InChI is InChI=1S/C23H19N3O4.Ni/c27-20-14-9-4-5-10-15(14)21(28)19(20)25-24-17-12-6-11-16-18(17)23(30)26(22(16)29)13-7-2-1-3-8-13;/h4-6,9-13,24H,1-3,7-8H2;/q;+2. The van der Waals surface area contributed by atoms with E-state index in [0.717, 1.165) is 32.1 Å². The Morgan fingerprint density at radius 3 is 2.10 bits per heavy atom. The van der Waals surface area contributed by atoms with E-state index >= 15 is 0 Å². The van der Waals surface area contributed by atoms with Crippen molar-refractivity contribution in [1.82, 2.24) is 4.90 Å². The van der Waals surface area contributed by atoms with Gasteiger partial charge in [0.1, 0.15) is 0 Å². The van der Waals surface area contributed by atoms with Crippen molar-refractivity contribution < 1.29 is 26.1 Å². The van der Waals surface area contributed by atoms with Crippen LogP contribution in [0.3, 0.4) is 0 Å². The van der Waals surface area contributed by atoms with Gasteiger partial charge in [-0.3, -0.25) is 29.5 Å². The Morgan fingerprint density at radius 1 is 0.806 bits per heavy atom. The van der Waals surface area contributed by atoms with Crippen LogP contribution in [0.5, 0.6) is 0 Å². The molecule has 0 unspecified atom stereocenters. The van der Waals surface area contributed by atoms with Gasteiger partial charge in [0.15, 0.2) is 5.36 Å². The fraction of sp³-hybridized carbons (Fsp3) is 0.261. The monoisotopic (exact) mass is 459 g/mol. The second-order valence-electron chi connectivity index (χ2n) is 7.78. The normalized spacial score (nSPS) is 16.3. The average molecular weight is 460 g/mol. The first-order chi connectivity index (χ1) is 14.6. The number of hydrogen-bond donors (Lipinski definition) is 1. The minimum Gasteiger partial charge on any atom is -0.287 e. The number of amides is 2. The molecule has 0 radical (unpaired) electrons. The van der Waals surface area contributed by atoms with Crippen molar-refractivity contribution in [2.75, 3.05) is 5.43 Å². The molecule has 0 bridgehead atoms. The molecule has 3 aromatic rings. The molecule has 2 aliphatic rings. The van der Waals surface area contributed by atoms with Crippen molar-refractivity contribution in [3.8, 4) is 0 Å². The maximum absolute atomic E-state index is 13.1. The molecule has 1 heterocycles. The van der Waals surface area contributed by atoms with Crippen molar-refractivity contribution >= 4 is 28.3 Å². The Bertz CT molecular complexity index is 1300. The molecule has 0 saturated heterocycles. The molecule has 5 rings (SSSR count). The van der Waals surface area contributed by atoms with Gasteiger partial charge in [-0.15, -0.1) is 0 Å². The summed E-state index contributed by atoms with van der Waals surface area (Å²) in [5, 5.41) is 4.43. The van der Waals surface area contributed by atoms with Gasteiger partial charge in [0.2, 0.25) is 10.9 Å². The molecule has 0 atom stereocenters. The molecule has 0 spiro atoms. The first-order valence-corrected chi connectivity index (χ1v) is 10.1. The zero-order valence-electron chi connectivity index (χ0n) is 16.5. The minimum absolute atomic E-state index is 0. The van der Waals surface area contributed by atoms with Crippen LogP contribution in [-0.2, 0) is 16.5 Å². The summed E-state index contributed by atoms with van der Waals surface area (Å²) in [7, 11) is 0. The molecule has 1 fully saturated rings. The number of anilines is 1. The van der Waals surface area contributed by atoms with Gasteiger partial charge in [-0.05, 0) is 25.0 Å². The summed E-state index contributed by atoms with van der Waals surface area (Å²) in [6.45, 7) is 0. The van der Waals surface area contributed by atoms with Crippen LogP contribution in [0, 0.1) is 0 Å². The second kappa shape index (κ2) is 8.19. The number of rotatable bonds is 3. The summed E-state index contributed by atoms with van der Waals surface area (Å²) in [4.78, 5) is 52.4. The second-order valence-corrected chi connectivity index (χ2v) is 7.78. The Kier molecular flexibility index (Phi) is 5.58. The van der Waals surface area contributed by atoms with E-state index in [1.165, 1.54) is 4.90 Å². The topological polar surface area (TPSA) is 95.9 Å². The number of nitrogens with zero attached hydrogens (tertiary/aromatic N) is 2. The summed E-state index contributed by atoms with van der Waals surface area (Å²) < 4.78 is 0. The third-order valence-electron chi connectivity index (χ3n) is 6.02. The molecule has 31 heavy (non-hydrogen) atoms. The van der Waals surface area contributed by atoms with E-state index in [4.69, 9.17) is 0 Å². The van der Waals surface area contributed by atoms with E-state index in [-0.39, 0.29) is 45.3 Å². The molecule has 1 aliphatic heterocycles. The third-order valence-corrected chi connectivity index (χ3v) is 6.02. The van der Waals surface area contributed by atoms with Crippen molar-refractivity contribution in [1.29, 1.82) is 0 Å². The Hall–Kier alpha value is -3.12. The molecule has 2 amide bonds. The third kappa shape index (κ3) is 3.31. The van der Waals surface area contributed by atoms with Crippen LogP contribution in [-0.4, -0.2) is 22.8 Å². The SMILES string of the molecule is O=C1c2cccc(NN=c3c(=O)c4ccccc4c3=O)c2C(=O)N1C1CCCCC1.[Ni+2]. The zero-order valence-corrected chi connectivity index (χ0v) is 17.5. The molecule has 8 heteroatoms. The number of nitrogens with one attached hydrogen (secondary N) is 1. The number of carbonyl (C=O) groups is 2. The fourth-order valence-corrected chi connectivity index (χ4v) is 4.52. The maximum atomic E-state index is 13.1. The van der Waals surface area contributed by atoms with Crippen molar-refractivity contribution in [3.05, 3.63) is 79.4 Å². The zero-order chi connectivity index (χ0) is 20.8. The van der Waals surface area contributed by atoms with Crippen LogP contribution < -0.4 is 21.6 Å². The van der Waals surface area contributed by atoms with Crippen LogP contribution in [0.2, 0.25) is 0 Å². The molecular weight excluding hydrogens is 441 g/mol. The summed E-state index contributed by atoms with van der Waals surface area (Å²) in [5.74, 6) is -0.642. The van der Waals surface area contributed by atoms with E-state index < -0.39 is 10.9 Å². The van der Waals surface area contributed by atoms with Crippen LogP contribution in [0.15, 0.2) is 57.2 Å². The van der Waals surface area contributed by atoms with E-state index in [2.05, 4.69) is 10.5 Å². The van der Waals surface area contributed by atoms with E-state index in [1.54, 1.807) is 42.5 Å². The Balaban J connectivity index is 0.00000231. The number of hydrogen-bond acceptors (Lipinski definition) is 6. The summed E-state index contributed by atoms with van der Waals surface area (Å²) in [5.41, 5.74) is 2.67. The van der Waals surface area contributed by atoms with Gasteiger partial charge in [0.25, 0.3) is 11.8 Å². The van der Waals surface area contributed by atoms with Crippen LogP contribution >= 0.6 is 0 Å². The fourth-order valence-electron chi connectivity index (χ4n) is 4.52. The number of fused-ring (bicyclic) bond motifs is 2. The molecule has 0 aromatic heterocycles. The molecule has 3 aromatic carbocycles. The van der Waals surface area contributed by atoms with Gasteiger partial charge in [0.05, 0.1) is 16.8 Å². The van der Waals surface area contributed by atoms with Crippen LogP contribution in [0.25, 0.3) is 10.8 Å². The van der Waals surface area contributed by atoms with E-state index in [0.29, 0.717) is 22.0 Å². The molecule has 1 aliphatic carbocycles. The smallest absolute Gasteiger partial charge is 0.287 e. The quantitative estimate of drug-likeness (QED) is 0.368. The van der Waals surface area contributed by atoms with E-state index in [9.17, 15) is 19.2 Å². The first kappa shape index (κ1) is 21.1. The van der Waals surface area contributed by atoms with Crippen molar-refractivity contribution in [3.63, 3.8) is 0 Å². The summed E-state index contributed by atoms with van der Waals surface area (Å²) in [6.07, 6.45) is 4.76. The van der Waals surface area contributed by atoms with Crippen LogP contribution in [0.1, 0.15) is 52.8 Å². The van der Waals surface area contributed by atoms with Crippen molar-refractivity contribution in [2.45, 2.75) is 38.1 Å². The molecule has 1 N–H and O–H groups in total. The number of imide groups is 1. The molecule has 158 valence electrons. The van der Waals surface area contributed by atoms with Gasteiger partial charge in [0, 0.05) is 16.8 Å². The molecule has 7 nitrogen and oxygen atoms in total. The van der Waals surface area contributed by atoms with Crippen molar-refractivity contribution in [2.24, 2.45) is 5.10 Å². The van der Waals surface area contributed by atoms with Gasteiger partial charge >= 0.3 is 16.5 Å². The number of carbonyl (C=O) groups excluding carboxylic acids is 2. The summed E-state index contributed by atoms with van der Waals surface area (Å²) in [6, 6.07) is 11.4. The first-order valence-electron chi connectivity index (χ1n) is 10.1. The van der Waals surface area contributed by atoms with Gasteiger partial charge in [-0.25, -0.2) is 0 Å². The average Bonchev–Trinajstić information content (AvgIpc) is 3.18. The van der Waals surface area contributed by atoms with Gasteiger partial charge in [-0.2, -0.15) is 5.10 Å².